The fourth-order valence-electron chi connectivity index (χ4n) is 3.12. The molecule has 4 unspecified atom stereocenters. The van der Waals surface area contributed by atoms with Crippen LogP contribution in [0.15, 0.2) is 17.5 Å². The third-order valence-corrected chi connectivity index (χ3v) is 5.36. The van der Waals surface area contributed by atoms with Crippen molar-refractivity contribution < 1.29 is 9.53 Å². The molecule has 3 heterocycles. The smallest absolute Gasteiger partial charge is 0.241 e. The molecule has 2 saturated heterocycles. The number of nitrogens with one attached hydrogen (secondary N) is 1. The Balaban J connectivity index is 1.79. The highest BCUT2D eigenvalue weighted by molar-refractivity contribution is 7.10. The zero-order chi connectivity index (χ0) is 14.1. The first-order valence-electron chi connectivity index (χ1n) is 7.42. The van der Waals surface area contributed by atoms with Gasteiger partial charge in [0.05, 0.1) is 12.1 Å². The van der Waals surface area contributed by atoms with Crippen LogP contribution in [0.25, 0.3) is 0 Å². The summed E-state index contributed by atoms with van der Waals surface area (Å²) in [7, 11) is 0. The van der Waals surface area contributed by atoms with Gasteiger partial charge in [-0.15, -0.1) is 11.3 Å². The van der Waals surface area contributed by atoms with Gasteiger partial charge in [0.2, 0.25) is 5.91 Å². The van der Waals surface area contributed by atoms with Crippen LogP contribution in [0.2, 0.25) is 0 Å². The van der Waals surface area contributed by atoms with Crippen molar-refractivity contribution in [2.75, 3.05) is 13.2 Å². The van der Waals surface area contributed by atoms with Gasteiger partial charge in [-0.1, -0.05) is 13.0 Å². The van der Waals surface area contributed by atoms with Crippen LogP contribution in [-0.2, 0) is 9.53 Å². The highest BCUT2D eigenvalue weighted by Crippen LogP contribution is 2.32. The molecule has 0 aliphatic carbocycles. The highest BCUT2D eigenvalue weighted by Gasteiger charge is 2.41. The average molecular weight is 294 g/mol. The van der Waals surface area contributed by atoms with E-state index in [0.29, 0.717) is 5.92 Å². The molecule has 1 aromatic heterocycles. The van der Waals surface area contributed by atoms with E-state index >= 15 is 0 Å². The Morgan fingerprint density at radius 2 is 2.40 bits per heavy atom. The molecule has 1 aromatic rings. The molecule has 4 nitrogen and oxygen atoms in total. The summed E-state index contributed by atoms with van der Waals surface area (Å²) in [6.07, 6.45) is 2.19. The summed E-state index contributed by atoms with van der Waals surface area (Å²) in [5, 5.41) is 5.55. The number of hydrogen-bond acceptors (Lipinski definition) is 4. The largest absolute Gasteiger partial charge is 0.378 e. The van der Waals surface area contributed by atoms with Crippen LogP contribution in [0, 0.1) is 5.92 Å². The summed E-state index contributed by atoms with van der Waals surface area (Å²) in [5.74, 6) is 0.698. The standard InChI is InChI=1S/C15H22N2O2S/c1-3-12-15(18)17(9-11-6-7-19-10(11)2)14(16-12)13-5-4-8-20-13/h4-5,8,10-12,14,16H,3,6-7,9H2,1-2H3. The van der Waals surface area contributed by atoms with Gasteiger partial charge in [-0.05, 0) is 31.2 Å². The topological polar surface area (TPSA) is 41.6 Å². The molecular weight excluding hydrogens is 272 g/mol. The van der Waals surface area contributed by atoms with Gasteiger partial charge in [0.15, 0.2) is 0 Å². The van der Waals surface area contributed by atoms with E-state index in [2.05, 4.69) is 30.6 Å². The summed E-state index contributed by atoms with van der Waals surface area (Å²) in [6.45, 7) is 5.79. The van der Waals surface area contributed by atoms with Crippen molar-refractivity contribution in [1.29, 1.82) is 0 Å². The molecule has 2 aliphatic rings. The van der Waals surface area contributed by atoms with Crippen LogP contribution < -0.4 is 5.32 Å². The molecule has 3 rings (SSSR count). The minimum absolute atomic E-state index is 0.0419. The second-order valence-electron chi connectivity index (χ2n) is 5.66. The van der Waals surface area contributed by atoms with Crippen molar-refractivity contribution in [2.24, 2.45) is 5.92 Å². The van der Waals surface area contributed by atoms with Gasteiger partial charge >= 0.3 is 0 Å². The third-order valence-electron chi connectivity index (χ3n) is 4.44. The molecular formula is C15H22N2O2S. The van der Waals surface area contributed by atoms with Crippen molar-refractivity contribution in [1.82, 2.24) is 10.2 Å². The van der Waals surface area contributed by atoms with E-state index in [4.69, 9.17) is 4.74 Å². The summed E-state index contributed by atoms with van der Waals surface area (Å²) >= 11 is 1.71. The first kappa shape index (κ1) is 14.0. The minimum Gasteiger partial charge on any atom is -0.378 e. The number of carbonyl (C=O) groups excluding carboxylic acids is 1. The van der Waals surface area contributed by atoms with Crippen LogP contribution in [0.1, 0.15) is 37.7 Å². The molecule has 2 aliphatic heterocycles. The van der Waals surface area contributed by atoms with Gasteiger partial charge < -0.3 is 9.64 Å². The molecule has 0 radical (unpaired) electrons. The second kappa shape index (κ2) is 5.84. The van der Waals surface area contributed by atoms with Gasteiger partial charge in [-0.25, -0.2) is 0 Å². The van der Waals surface area contributed by atoms with Gasteiger partial charge in [0.25, 0.3) is 0 Å². The number of ether oxygens (including phenoxy) is 1. The lowest BCUT2D eigenvalue weighted by molar-refractivity contribution is -0.131. The van der Waals surface area contributed by atoms with E-state index in [1.807, 2.05) is 11.0 Å². The molecule has 0 saturated carbocycles. The van der Waals surface area contributed by atoms with Crippen molar-refractivity contribution in [2.45, 2.75) is 45.0 Å². The summed E-state index contributed by atoms with van der Waals surface area (Å²) in [6, 6.07) is 4.11. The lowest BCUT2D eigenvalue weighted by Gasteiger charge is -2.27. The molecule has 0 bridgehead atoms. The van der Waals surface area contributed by atoms with Crippen molar-refractivity contribution in [3.63, 3.8) is 0 Å². The molecule has 0 spiro atoms. The maximum absolute atomic E-state index is 12.6. The van der Waals surface area contributed by atoms with E-state index in [9.17, 15) is 4.79 Å². The fraction of sp³-hybridized carbons (Fsp3) is 0.667. The number of carbonyl (C=O) groups is 1. The predicted molar refractivity (Wildman–Crippen MR) is 79.5 cm³/mol. The summed E-state index contributed by atoms with van der Waals surface area (Å²) in [4.78, 5) is 15.8. The number of rotatable bonds is 4. The molecule has 2 fully saturated rings. The molecule has 1 N–H and O–H groups in total. The number of hydrogen-bond donors (Lipinski definition) is 1. The van der Waals surface area contributed by atoms with Gasteiger partial charge in [0.1, 0.15) is 6.17 Å². The van der Waals surface area contributed by atoms with E-state index in [0.717, 1.165) is 26.0 Å². The number of thiophene rings is 1. The van der Waals surface area contributed by atoms with Crippen molar-refractivity contribution >= 4 is 17.2 Å². The average Bonchev–Trinajstić information content (AvgIpc) is 3.14. The number of nitrogens with zero attached hydrogens (tertiary/aromatic N) is 1. The maximum Gasteiger partial charge on any atom is 0.241 e. The lowest BCUT2D eigenvalue weighted by atomic mass is 10.0. The quantitative estimate of drug-likeness (QED) is 0.927. The molecule has 110 valence electrons. The Morgan fingerprint density at radius 1 is 1.55 bits per heavy atom. The zero-order valence-corrected chi connectivity index (χ0v) is 12.9. The molecule has 4 atom stereocenters. The molecule has 5 heteroatoms. The normalized spacial score (nSPS) is 34.1. The Morgan fingerprint density at radius 3 is 3.00 bits per heavy atom. The Labute approximate surface area is 124 Å². The van der Waals surface area contributed by atoms with E-state index in [-0.39, 0.29) is 24.2 Å². The Bertz CT molecular complexity index is 462. The second-order valence-corrected chi connectivity index (χ2v) is 6.64. The van der Waals surface area contributed by atoms with E-state index < -0.39 is 0 Å². The van der Waals surface area contributed by atoms with Crippen LogP contribution in [0.3, 0.4) is 0 Å². The first-order valence-corrected chi connectivity index (χ1v) is 8.30. The Kier molecular flexibility index (Phi) is 4.10. The zero-order valence-electron chi connectivity index (χ0n) is 12.0. The van der Waals surface area contributed by atoms with Crippen LogP contribution in [-0.4, -0.2) is 36.1 Å². The molecule has 20 heavy (non-hydrogen) atoms. The lowest BCUT2D eigenvalue weighted by Crippen LogP contribution is -2.36. The summed E-state index contributed by atoms with van der Waals surface area (Å²) < 4.78 is 5.63. The van der Waals surface area contributed by atoms with Crippen molar-refractivity contribution in [3.8, 4) is 0 Å². The van der Waals surface area contributed by atoms with Gasteiger partial charge in [-0.3, -0.25) is 10.1 Å². The third kappa shape index (κ3) is 2.50. The van der Waals surface area contributed by atoms with Crippen molar-refractivity contribution in [3.05, 3.63) is 22.4 Å². The molecule has 1 amide bonds. The fourth-order valence-corrected chi connectivity index (χ4v) is 3.91. The van der Waals surface area contributed by atoms with Gasteiger partial charge in [0, 0.05) is 23.9 Å². The van der Waals surface area contributed by atoms with E-state index in [1.165, 1.54) is 4.88 Å². The van der Waals surface area contributed by atoms with Crippen LogP contribution >= 0.6 is 11.3 Å². The minimum atomic E-state index is -0.0419. The maximum atomic E-state index is 12.6. The van der Waals surface area contributed by atoms with Crippen LogP contribution in [0.4, 0.5) is 0 Å². The Hall–Kier alpha value is -0.910. The number of amides is 1. The van der Waals surface area contributed by atoms with E-state index in [1.54, 1.807) is 11.3 Å². The molecule has 0 aromatic carbocycles. The van der Waals surface area contributed by atoms with Gasteiger partial charge in [-0.2, -0.15) is 0 Å². The highest BCUT2D eigenvalue weighted by atomic mass is 32.1. The predicted octanol–water partition coefficient (Wildman–Crippen LogP) is 2.38. The first-order chi connectivity index (χ1) is 9.70. The summed E-state index contributed by atoms with van der Waals surface area (Å²) in [5.41, 5.74) is 0. The van der Waals surface area contributed by atoms with Crippen LogP contribution in [0.5, 0.6) is 0 Å². The monoisotopic (exact) mass is 294 g/mol. The SMILES string of the molecule is CCC1NC(c2cccs2)N(CC2CCOC2C)C1=O.